The molecule has 0 aliphatic carbocycles. The van der Waals surface area contributed by atoms with E-state index in [1.54, 1.807) is 19.1 Å². The number of phenolic OH excluding ortho intramolecular Hbond substituents is 1. The van der Waals surface area contributed by atoms with Gasteiger partial charge in [0.15, 0.2) is 0 Å². The number of aromatic hydroxyl groups is 1. The maximum absolute atomic E-state index is 9.18. The zero-order chi connectivity index (χ0) is 11.7. The summed E-state index contributed by atoms with van der Waals surface area (Å²) >= 11 is 0. The molecule has 0 aliphatic heterocycles. The van der Waals surface area contributed by atoms with E-state index in [0.29, 0.717) is 5.75 Å². The monoisotopic (exact) mass is 211 g/mol. The van der Waals surface area contributed by atoms with Crippen molar-refractivity contribution in [2.75, 3.05) is 20.2 Å². The average Bonchev–Trinajstić information content (AvgIpc) is 2.19. The van der Waals surface area contributed by atoms with Gasteiger partial charge in [0.1, 0.15) is 5.75 Å². The highest BCUT2D eigenvalue weighted by atomic mass is 16.3. The van der Waals surface area contributed by atoms with Crippen molar-refractivity contribution in [3.05, 3.63) is 29.8 Å². The highest BCUT2D eigenvalue weighted by Crippen LogP contribution is 2.11. The van der Waals surface area contributed by atoms with Gasteiger partial charge in [-0.15, -0.1) is 0 Å². The van der Waals surface area contributed by atoms with Gasteiger partial charge in [-0.3, -0.25) is 0 Å². The Bertz CT molecular complexity index is 264. The van der Waals surface area contributed by atoms with Crippen LogP contribution in [0.3, 0.4) is 0 Å². The summed E-state index contributed by atoms with van der Waals surface area (Å²) < 4.78 is 0. The molecule has 0 saturated carbocycles. The molecule has 0 bridgehead atoms. The molecular weight excluding hydrogens is 190 g/mol. The van der Waals surface area contributed by atoms with Crippen LogP contribution >= 0.6 is 0 Å². The quantitative estimate of drug-likeness (QED) is 0.802. The van der Waals surface area contributed by atoms with Crippen molar-refractivity contribution < 1.29 is 10.2 Å². The van der Waals surface area contributed by atoms with E-state index in [-0.39, 0.29) is 6.61 Å². The van der Waals surface area contributed by atoms with Crippen LogP contribution in [0.5, 0.6) is 5.75 Å². The van der Waals surface area contributed by atoms with E-state index in [1.165, 1.54) is 0 Å². The minimum absolute atomic E-state index is 0.250. The van der Waals surface area contributed by atoms with Crippen molar-refractivity contribution in [3.63, 3.8) is 0 Å². The van der Waals surface area contributed by atoms with Crippen LogP contribution in [0, 0.1) is 0 Å². The first-order valence-corrected chi connectivity index (χ1v) is 5.21. The lowest BCUT2D eigenvalue weighted by Gasteiger charge is -2.13. The standard InChI is InChI=1S/C10H15NO.C2H6O/c1-3-11(2)8-9-5-4-6-10(12)7-9;1-2-3/h4-7,12H,3,8H2,1-2H3;3H,2H2,1H3. The van der Waals surface area contributed by atoms with Gasteiger partial charge in [0.05, 0.1) is 0 Å². The molecule has 0 atom stereocenters. The van der Waals surface area contributed by atoms with E-state index < -0.39 is 0 Å². The maximum Gasteiger partial charge on any atom is 0.115 e. The molecule has 3 nitrogen and oxygen atoms in total. The van der Waals surface area contributed by atoms with Gasteiger partial charge >= 0.3 is 0 Å². The molecular formula is C12H21NO2. The Kier molecular flexibility index (Phi) is 7.68. The normalized spacial score (nSPS) is 9.67. The van der Waals surface area contributed by atoms with Crippen LogP contribution < -0.4 is 0 Å². The number of nitrogens with zero attached hydrogens (tertiary/aromatic N) is 1. The first kappa shape index (κ1) is 13.9. The second-order valence-electron chi connectivity index (χ2n) is 3.32. The maximum atomic E-state index is 9.18. The highest BCUT2D eigenvalue weighted by Gasteiger charge is 1.97. The number of aliphatic hydroxyl groups excluding tert-OH is 1. The largest absolute Gasteiger partial charge is 0.508 e. The van der Waals surface area contributed by atoms with Gasteiger partial charge in [0.25, 0.3) is 0 Å². The zero-order valence-corrected chi connectivity index (χ0v) is 9.77. The molecule has 0 fully saturated rings. The molecule has 0 unspecified atom stereocenters. The van der Waals surface area contributed by atoms with Crippen LogP contribution in [0.25, 0.3) is 0 Å². The van der Waals surface area contributed by atoms with Gasteiger partial charge in [-0.1, -0.05) is 19.1 Å². The Labute approximate surface area is 92.0 Å². The first-order valence-electron chi connectivity index (χ1n) is 5.21. The van der Waals surface area contributed by atoms with Crippen LogP contribution in [0.1, 0.15) is 19.4 Å². The summed E-state index contributed by atoms with van der Waals surface area (Å²) in [6.45, 7) is 5.96. The fourth-order valence-electron chi connectivity index (χ4n) is 1.08. The zero-order valence-electron chi connectivity index (χ0n) is 9.77. The Balaban J connectivity index is 0.000000583. The highest BCUT2D eigenvalue weighted by molar-refractivity contribution is 5.26. The topological polar surface area (TPSA) is 43.7 Å². The molecule has 0 heterocycles. The fourth-order valence-corrected chi connectivity index (χ4v) is 1.08. The number of aliphatic hydroxyl groups is 1. The molecule has 0 saturated heterocycles. The molecule has 3 heteroatoms. The van der Waals surface area contributed by atoms with Gasteiger partial charge in [-0.05, 0) is 38.2 Å². The smallest absolute Gasteiger partial charge is 0.115 e. The van der Waals surface area contributed by atoms with Gasteiger partial charge in [0, 0.05) is 13.2 Å². The molecule has 15 heavy (non-hydrogen) atoms. The number of hydrogen-bond acceptors (Lipinski definition) is 3. The van der Waals surface area contributed by atoms with E-state index in [1.807, 2.05) is 12.1 Å². The van der Waals surface area contributed by atoms with Crippen molar-refractivity contribution in [1.29, 1.82) is 0 Å². The molecule has 0 radical (unpaired) electrons. The Morgan fingerprint density at radius 3 is 2.33 bits per heavy atom. The lowest BCUT2D eigenvalue weighted by Crippen LogP contribution is -2.16. The van der Waals surface area contributed by atoms with E-state index in [4.69, 9.17) is 5.11 Å². The van der Waals surface area contributed by atoms with E-state index in [0.717, 1.165) is 18.7 Å². The Hall–Kier alpha value is -1.06. The summed E-state index contributed by atoms with van der Waals surface area (Å²) in [7, 11) is 2.06. The second kappa shape index (κ2) is 8.26. The summed E-state index contributed by atoms with van der Waals surface area (Å²) in [5, 5.41) is 16.7. The first-order chi connectivity index (χ1) is 7.13. The van der Waals surface area contributed by atoms with Gasteiger partial charge < -0.3 is 15.1 Å². The Morgan fingerprint density at radius 2 is 1.87 bits per heavy atom. The second-order valence-corrected chi connectivity index (χ2v) is 3.32. The van der Waals surface area contributed by atoms with Crippen LogP contribution in [0.15, 0.2) is 24.3 Å². The third-order valence-electron chi connectivity index (χ3n) is 1.90. The van der Waals surface area contributed by atoms with Gasteiger partial charge in [-0.25, -0.2) is 0 Å². The van der Waals surface area contributed by atoms with Crippen molar-refractivity contribution in [3.8, 4) is 5.75 Å². The fraction of sp³-hybridized carbons (Fsp3) is 0.500. The van der Waals surface area contributed by atoms with Crippen molar-refractivity contribution in [2.45, 2.75) is 20.4 Å². The number of benzene rings is 1. The van der Waals surface area contributed by atoms with E-state index in [9.17, 15) is 5.11 Å². The lowest BCUT2D eigenvalue weighted by molar-refractivity contribution is 0.318. The van der Waals surface area contributed by atoms with Gasteiger partial charge in [0.2, 0.25) is 0 Å². The average molecular weight is 211 g/mol. The minimum Gasteiger partial charge on any atom is -0.508 e. The predicted molar refractivity (Wildman–Crippen MR) is 62.9 cm³/mol. The molecule has 0 spiro atoms. The minimum atomic E-state index is 0.250. The predicted octanol–water partition coefficient (Wildman–Crippen LogP) is 1.84. The molecule has 0 amide bonds. The van der Waals surface area contributed by atoms with Crippen molar-refractivity contribution in [2.24, 2.45) is 0 Å². The van der Waals surface area contributed by atoms with Crippen LogP contribution in [0.2, 0.25) is 0 Å². The third-order valence-corrected chi connectivity index (χ3v) is 1.90. The summed E-state index contributed by atoms with van der Waals surface area (Å²) in [6.07, 6.45) is 0. The van der Waals surface area contributed by atoms with E-state index in [2.05, 4.69) is 18.9 Å². The lowest BCUT2D eigenvalue weighted by atomic mass is 10.2. The molecule has 1 aromatic rings. The summed E-state index contributed by atoms with van der Waals surface area (Å²) in [6, 6.07) is 7.38. The summed E-state index contributed by atoms with van der Waals surface area (Å²) in [4.78, 5) is 2.19. The van der Waals surface area contributed by atoms with Crippen LogP contribution in [-0.2, 0) is 6.54 Å². The molecule has 0 aliphatic rings. The molecule has 1 rings (SSSR count). The van der Waals surface area contributed by atoms with Crippen LogP contribution in [-0.4, -0.2) is 35.3 Å². The molecule has 1 aromatic carbocycles. The molecule has 86 valence electrons. The number of rotatable bonds is 3. The molecule has 0 aromatic heterocycles. The molecule has 2 N–H and O–H groups in total. The Morgan fingerprint density at radius 1 is 1.27 bits per heavy atom. The van der Waals surface area contributed by atoms with Crippen LogP contribution in [0.4, 0.5) is 0 Å². The number of phenols is 1. The van der Waals surface area contributed by atoms with Crippen molar-refractivity contribution in [1.82, 2.24) is 4.90 Å². The summed E-state index contributed by atoms with van der Waals surface area (Å²) in [5.74, 6) is 0.344. The van der Waals surface area contributed by atoms with E-state index >= 15 is 0 Å². The number of hydrogen-bond donors (Lipinski definition) is 2. The van der Waals surface area contributed by atoms with Crippen molar-refractivity contribution >= 4 is 0 Å². The summed E-state index contributed by atoms with van der Waals surface area (Å²) in [5.41, 5.74) is 1.15. The van der Waals surface area contributed by atoms with Gasteiger partial charge in [-0.2, -0.15) is 0 Å². The SMILES string of the molecule is CCN(C)Cc1cccc(O)c1.CCO. The third kappa shape index (κ3) is 6.94.